The van der Waals surface area contributed by atoms with Crippen molar-refractivity contribution in [1.82, 2.24) is 4.90 Å². The SMILES string of the molecule is CCOC(=O)C1=C(C)N(Cc2ccccc2)C(=O)C[C@H]1c1ccccc1C(F)(F)F. The lowest BCUT2D eigenvalue weighted by Gasteiger charge is -2.35. The minimum atomic E-state index is -4.60. The number of halogens is 3. The normalized spacial score (nSPS) is 17.3. The van der Waals surface area contributed by atoms with E-state index in [9.17, 15) is 22.8 Å². The molecule has 0 fully saturated rings. The Balaban J connectivity index is 2.11. The summed E-state index contributed by atoms with van der Waals surface area (Å²) in [7, 11) is 0. The smallest absolute Gasteiger partial charge is 0.416 e. The van der Waals surface area contributed by atoms with E-state index in [2.05, 4.69) is 0 Å². The van der Waals surface area contributed by atoms with Gasteiger partial charge in [0, 0.05) is 18.0 Å². The van der Waals surface area contributed by atoms with Crippen LogP contribution < -0.4 is 0 Å². The Kier molecular flexibility index (Phi) is 6.29. The van der Waals surface area contributed by atoms with Gasteiger partial charge in [0.2, 0.25) is 5.91 Å². The number of hydrogen-bond donors (Lipinski definition) is 0. The number of esters is 1. The van der Waals surface area contributed by atoms with Crippen LogP contribution in [0.1, 0.15) is 42.9 Å². The van der Waals surface area contributed by atoms with E-state index in [0.29, 0.717) is 5.70 Å². The van der Waals surface area contributed by atoms with Gasteiger partial charge in [0.1, 0.15) is 0 Å². The van der Waals surface area contributed by atoms with Crippen LogP contribution in [0.2, 0.25) is 0 Å². The Bertz CT molecular complexity index is 967. The van der Waals surface area contributed by atoms with Crippen molar-refractivity contribution in [1.29, 1.82) is 0 Å². The lowest BCUT2D eigenvalue weighted by Crippen LogP contribution is -2.38. The maximum Gasteiger partial charge on any atom is 0.416 e. The zero-order valence-corrected chi connectivity index (χ0v) is 16.7. The van der Waals surface area contributed by atoms with Crippen LogP contribution in [-0.4, -0.2) is 23.4 Å². The minimum absolute atomic E-state index is 0.0792. The molecule has 0 spiro atoms. The maximum absolute atomic E-state index is 13.6. The molecule has 30 heavy (non-hydrogen) atoms. The molecule has 1 aliphatic rings. The number of allylic oxidation sites excluding steroid dienone is 1. The Morgan fingerprint density at radius 1 is 1.10 bits per heavy atom. The number of carbonyl (C=O) groups is 2. The highest BCUT2D eigenvalue weighted by Crippen LogP contribution is 2.43. The van der Waals surface area contributed by atoms with Gasteiger partial charge in [-0.15, -0.1) is 0 Å². The predicted octanol–water partition coefficient (Wildman–Crippen LogP) is 5.06. The summed E-state index contributed by atoms with van der Waals surface area (Å²) in [6.07, 6.45) is -4.85. The summed E-state index contributed by atoms with van der Waals surface area (Å²) in [6.45, 7) is 3.51. The second-order valence-electron chi connectivity index (χ2n) is 7.03. The molecule has 1 aliphatic heterocycles. The maximum atomic E-state index is 13.6. The van der Waals surface area contributed by atoms with Gasteiger partial charge in [0.25, 0.3) is 0 Å². The summed E-state index contributed by atoms with van der Waals surface area (Å²) in [4.78, 5) is 27.1. The third kappa shape index (κ3) is 4.40. The lowest BCUT2D eigenvalue weighted by molar-refractivity contribution is -0.142. The molecule has 0 N–H and O–H groups in total. The van der Waals surface area contributed by atoms with Gasteiger partial charge in [-0.05, 0) is 31.0 Å². The van der Waals surface area contributed by atoms with Crippen molar-refractivity contribution in [2.45, 2.75) is 38.9 Å². The van der Waals surface area contributed by atoms with Gasteiger partial charge in [0.15, 0.2) is 0 Å². The summed E-state index contributed by atoms with van der Waals surface area (Å²) in [5, 5.41) is 0. The van der Waals surface area contributed by atoms with Crippen LogP contribution in [0.25, 0.3) is 0 Å². The summed E-state index contributed by atoms with van der Waals surface area (Å²) in [5.41, 5.74) is 0.302. The molecule has 0 radical (unpaired) electrons. The topological polar surface area (TPSA) is 46.6 Å². The summed E-state index contributed by atoms with van der Waals surface area (Å²) in [6, 6.07) is 14.2. The van der Waals surface area contributed by atoms with Gasteiger partial charge < -0.3 is 9.64 Å². The molecule has 7 heteroatoms. The number of ether oxygens (including phenoxy) is 1. The number of carbonyl (C=O) groups excluding carboxylic acids is 2. The molecular weight excluding hydrogens is 395 g/mol. The first kappa shape index (κ1) is 21.6. The first-order valence-corrected chi connectivity index (χ1v) is 9.62. The number of nitrogens with zero attached hydrogens (tertiary/aromatic N) is 1. The van der Waals surface area contributed by atoms with Gasteiger partial charge in [-0.1, -0.05) is 48.5 Å². The highest BCUT2D eigenvalue weighted by molar-refractivity contribution is 5.96. The van der Waals surface area contributed by atoms with Crippen LogP contribution in [0.5, 0.6) is 0 Å². The molecule has 3 rings (SSSR count). The van der Waals surface area contributed by atoms with Crippen LogP contribution in [0.4, 0.5) is 13.2 Å². The van der Waals surface area contributed by atoms with Crippen LogP contribution in [0.15, 0.2) is 65.9 Å². The van der Waals surface area contributed by atoms with Gasteiger partial charge >= 0.3 is 12.1 Å². The molecule has 1 amide bonds. The van der Waals surface area contributed by atoms with Crippen molar-refractivity contribution < 1.29 is 27.5 Å². The van der Waals surface area contributed by atoms with Crippen molar-refractivity contribution in [3.63, 3.8) is 0 Å². The van der Waals surface area contributed by atoms with Crippen molar-refractivity contribution >= 4 is 11.9 Å². The van der Waals surface area contributed by atoms with E-state index >= 15 is 0 Å². The fraction of sp³-hybridized carbons (Fsp3) is 0.304. The zero-order valence-electron chi connectivity index (χ0n) is 16.7. The summed E-state index contributed by atoms with van der Waals surface area (Å²) >= 11 is 0. The first-order chi connectivity index (χ1) is 14.2. The van der Waals surface area contributed by atoms with E-state index in [4.69, 9.17) is 4.74 Å². The second kappa shape index (κ2) is 8.73. The van der Waals surface area contributed by atoms with Crippen molar-refractivity contribution in [2.24, 2.45) is 0 Å². The molecule has 158 valence electrons. The molecule has 0 bridgehead atoms. The van der Waals surface area contributed by atoms with E-state index in [0.717, 1.165) is 11.6 Å². The van der Waals surface area contributed by atoms with Gasteiger partial charge in [-0.2, -0.15) is 13.2 Å². The molecule has 0 unspecified atom stereocenters. The van der Waals surface area contributed by atoms with E-state index in [1.54, 1.807) is 13.8 Å². The Hall–Kier alpha value is -3.09. The quantitative estimate of drug-likeness (QED) is 0.639. The molecule has 4 nitrogen and oxygen atoms in total. The largest absolute Gasteiger partial charge is 0.463 e. The molecule has 0 saturated heterocycles. The Labute approximate surface area is 173 Å². The molecule has 2 aromatic carbocycles. The monoisotopic (exact) mass is 417 g/mol. The molecule has 0 aliphatic carbocycles. The third-order valence-electron chi connectivity index (χ3n) is 5.14. The van der Waals surface area contributed by atoms with Gasteiger partial charge in [0.05, 0.1) is 24.3 Å². The first-order valence-electron chi connectivity index (χ1n) is 9.62. The number of benzene rings is 2. The van der Waals surface area contributed by atoms with E-state index in [1.807, 2.05) is 30.3 Å². The van der Waals surface area contributed by atoms with Crippen LogP contribution in [0, 0.1) is 0 Å². The minimum Gasteiger partial charge on any atom is -0.463 e. The molecule has 0 saturated carbocycles. The summed E-state index contributed by atoms with van der Waals surface area (Å²) < 4.78 is 46.0. The molecule has 0 aromatic heterocycles. The lowest BCUT2D eigenvalue weighted by atomic mass is 9.81. The highest BCUT2D eigenvalue weighted by atomic mass is 19.4. The fourth-order valence-electron chi connectivity index (χ4n) is 3.77. The molecular formula is C23H22F3NO3. The highest BCUT2D eigenvalue weighted by Gasteiger charge is 2.41. The fourth-order valence-corrected chi connectivity index (χ4v) is 3.77. The summed E-state index contributed by atoms with van der Waals surface area (Å²) in [5.74, 6) is -2.07. The average molecular weight is 417 g/mol. The van der Waals surface area contributed by atoms with E-state index in [1.165, 1.54) is 23.1 Å². The van der Waals surface area contributed by atoms with E-state index in [-0.39, 0.29) is 36.6 Å². The van der Waals surface area contributed by atoms with Crippen LogP contribution in [-0.2, 0) is 27.0 Å². The second-order valence-corrected chi connectivity index (χ2v) is 7.03. The number of amides is 1. The molecule has 1 atom stereocenters. The van der Waals surface area contributed by atoms with E-state index < -0.39 is 23.6 Å². The zero-order chi connectivity index (χ0) is 21.9. The van der Waals surface area contributed by atoms with Crippen molar-refractivity contribution in [3.8, 4) is 0 Å². The van der Waals surface area contributed by atoms with Crippen LogP contribution in [0.3, 0.4) is 0 Å². The van der Waals surface area contributed by atoms with Crippen molar-refractivity contribution in [2.75, 3.05) is 6.61 Å². The van der Waals surface area contributed by atoms with Crippen LogP contribution >= 0.6 is 0 Å². The Morgan fingerprint density at radius 2 is 1.73 bits per heavy atom. The van der Waals surface area contributed by atoms with Gasteiger partial charge in [-0.25, -0.2) is 4.79 Å². The number of hydrogen-bond acceptors (Lipinski definition) is 3. The third-order valence-corrected chi connectivity index (χ3v) is 5.14. The number of rotatable bonds is 5. The molecule has 2 aromatic rings. The Morgan fingerprint density at radius 3 is 2.37 bits per heavy atom. The average Bonchev–Trinajstić information content (AvgIpc) is 2.71. The number of alkyl halides is 3. The standard InChI is InChI=1S/C23H22F3NO3/c1-3-30-22(29)21-15(2)27(14-16-9-5-4-6-10-16)20(28)13-18(21)17-11-7-8-12-19(17)23(24,25)26/h4-12,18H,3,13-14H2,1-2H3/t18-/m0/s1. The van der Waals surface area contributed by atoms with Gasteiger partial charge in [-0.3, -0.25) is 4.79 Å². The molecule has 1 heterocycles. The van der Waals surface area contributed by atoms with Crippen molar-refractivity contribution in [3.05, 3.63) is 82.6 Å². The predicted molar refractivity (Wildman–Crippen MR) is 105 cm³/mol.